The van der Waals surface area contributed by atoms with Gasteiger partial charge in [0.05, 0.1) is 18.1 Å². The molecule has 0 spiro atoms. The van der Waals surface area contributed by atoms with Gasteiger partial charge >= 0.3 is 12.0 Å². The molecule has 17 heavy (non-hydrogen) atoms. The van der Waals surface area contributed by atoms with Crippen LogP contribution in [0.2, 0.25) is 0 Å². The molecule has 1 aliphatic carbocycles. The van der Waals surface area contributed by atoms with Gasteiger partial charge in [-0.3, -0.25) is 4.79 Å². The second kappa shape index (κ2) is 4.52. The van der Waals surface area contributed by atoms with E-state index in [0.29, 0.717) is 19.4 Å². The number of aliphatic hydroxyl groups excluding tert-OH is 1. The Bertz CT molecular complexity index is 327. The van der Waals surface area contributed by atoms with E-state index in [1.165, 1.54) is 0 Å². The number of hydrogen-bond acceptors (Lipinski definition) is 3. The monoisotopic (exact) mass is 242 g/mol. The third kappa shape index (κ3) is 2.36. The first kappa shape index (κ1) is 12.2. The van der Waals surface area contributed by atoms with Gasteiger partial charge in [-0.05, 0) is 25.7 Å². The van der Waals surface area contributed by atoms with Gasteiger partial charge in [-0.1, -0.05) is 0 Å². The molecular weight excluding hydrogens is 224 g/mol. The summed E-state index contributed by atoms with van der Waals surface area (Å²) in [5.74, 6) is -0.835. The van der Waals surface area contributed by atoms with Crippen molar-refractivity contribution in [1.29, 1.82) is 0 Å². The fourth-order valence-electron chi connectivity index (χ4n) is 2.26. The van der Waals surface area contributed by atoms with Gasteiger partial charge in [-0.15, -0.1) is 0 Å². The van der Waals surface area contributed by atoms with Crippen LogP contribution in [0.3, 0.4) is 0 Å². The number of nitrogens with zero attached hydrogens (tertiary/aromatic N) is 1. The van der Waals surface area contributed by atoms with Crippen molar-refractivity contribution in [1.82, 2.24) is 10.2 Å². The lowest BCUT2D eigenvalue weighted by molar-refractivity contribution is -0.143. The summed E-state index contributed by atoms with van der Waals surface area (Å²) in [4.78, 5) is 24.4. The van der Waals surface area contributed by atoms with Crippen molar-refractivity contribution in [2.24, 2.45) is 5.41 Å². The summed E-state index contributed by atoms with van der Waals surface area (Å²) in [6.45, 7) is 0.796. The number of nitrogens with one attached hydrogen (secondary N) is 1. The molecule has 2 fully saturated rings. The molecule has 3 N–H and O–H groups in total. The lowest BCUT2D eigenvalue weighted by atomic mass is 10.1. The van der Waals surface area contributed by atoms with Crippen molar-refractivity contribution in [3.8, 4) is 0 Å². The van der Waals surface area contributed by atoms with Crippen molar-refractivity contribution in [3.05, 3.63) is 0 Å². The highest BCUT2D eigenvalue weighted by Crippen LogP contribution is 2.45. The minimum absolute atomic E-state index is 0.0303. The lowest BCUT2D eigenvalue weighted by Crippen LogP contribution is -2.46. The molecule has 1 aliphatic heterocycles. The van der Waals surface area contributed by atoms with Gasteiger partial charge in [0.2, 0.25) is 0 Å². The quantitative estimate of drug-likeness (QED) is 0.648. The molecule has 0 radical (unpaired) electrons. The predicted octanol–water partition coefficient (Wildman–Crippen LogP) is 0.0175. The molecular formula is C11H18N2O4. The molecule has 1 saturated heterocycles. The van der Waals surface area contributed by atoms with Crippen molar-refractivity contribution in [3.63, 3.8) is 0 Å². The Balaban J connectivity index is 1.83. The minimum atomic E-state index is -0.835. The number of likely N-dealkylation sites (tertiary alicyclic amines) is 1. The van der Waals surface area contributed by atoms with E-state index in [1.54, 1.807) is 4.90 Å². The summed E-state index contributed by atoms with van der Waals surface area (Å²) < 4.78 is 0. The van der Waals surface area contributed by atoms with E-state index >= 15 is 0 Å². The van der Waals surface area contributed by atoms with Crippen molar-refractivity contribution in [2.75, 3.05) is 19.7 Å². The van der Waals surface area contributed by atoms with Crippen LogP contribution in [0.5, 0.6) is 0 Å². The van der Waals surface area contributed by atoms with Gasteiger partial charge < -0.3 is 20.4 Å². The Morgan fingerprint density at radius 2 is 2.12 bits per heavy atom. The normalized spacial score (nSPS) is 25.7. The summed E-state index contributed by atoms with van der Waals surface area (Å²) in [6.07, 6.45) is 2.97. The number of amides is 2. The standard InChI is InChI=1S/C11H18N2O4/c14-6-8-2-1-5-13(8)10(17)12-7-11(3-4-11)9(15)16/h8,14H,1-7H2,(H,12,17)(H,15,16). The highest BCUT2D eigenvalue weighted by Gasteiger charge is 2.50. The highest BCUT2D eigenvalue weighted by atomic mass is 16.4. The molecule has 1 saturated carbocycles. The zero-order valence-corrected chi connectivity index (χ0v) is 9.69. The van der Waals surface area contributed by atoms with Crippen LogP contribution < -0.4 is 5.32 Å². The van der Waals surface area contributed by atoms with Gasteiger partial charge in [0, 0.05) is 13.1 Å². The zero-order chi connectivity index (χ0) is 12.5. The fourth-order valence-corrected chi connectivity index (χ4v) is 2.26. The molecule has 0 aromatic carbocycles. The smallest absolute Gasteiger partial charge is 0.317 e. The number of aliphatic carboxylic acids is 1. The number of carbonyl (C=O) groups is 2. The fraction of sp³-hybridized carbons (Fsp3) is 0.818. The molecule has 0 aromatic heterocycles. The Morgan fingerprint density at radius 3 is 2.65 bits per heavy atom. The molecule has 2 rings (SSSR count). The highest BCUT2D eigenvalue weighted by molar-refractivity contribution is 5.80. The first-order chi connectivity index (χ1) is 8.09. The summed E-state index contributed by atoms with van der Waals surface area (Å²) in [5.41, 5.74) is -0.732. The SMILES string of the molecule is O=C(NCC1(C(=O)O)CC1)N1CCCC1CO. The lowest BCUT2D eigenvalue weighted by Gasteiger charge is -2.24. The molecule has 2 amide bonds. The van der Waals surface area contributed by atoms with Crippen LogP contribution in [0.1, 0.15) is 25.7 Å². The summed E-state index contributed by atoms with van der Waals surface area (Å²) in [6, 6.07) is -0.371. The predicted molar refractivity (Wildman–Crippen MR) is 59.5 cm³/mol. The minimum Gasteiger partial charge on any atom is -0.481 e. The number of carboxylic acids is 1. The van der Waals surface area contributed by atoms with Gasteiger partial charge in [0.25, 0.3) is 0 Å². The number of hydrogen-bond donors (Lipinski definition) is 3. The third-order valence-electron chi connectivity index (χ3n) is 3.73. The molecule has 6 heteroatoms. The number of rotatable bonds is 4. The largest absolute Gasteiger partial charge is 0.481 e. The molecule has 1 atom stereocenters. The average molecular weight is 242 g/mol. The number of carboxylic acid groups (broad SMARTS) is 1. The molecule has 0 aromatic rings. The zero-order valence-electron chi connectivity index (χ0n) is 9.69. The second-order valence-electron chi connectivity index (χ2n) is 4.92. The van der Waals surface area contributed by atoms with Crippen LogP contribution in [0.15, 0.2) is 0 Å². The van der Waals surface area contributed by atoms with Gasteiger partial charge in [-0.2, -0.15) is 0 Å². The van der Waals surface area contributed by atoms with Crippen molar-refractivity contribution in [2.45, 2.75) is 31.7 Å². The van der Waals surface area contributed by atoms with E-state index in [1.807, 2.05) is 0 Å². The third-order valence-corrected chi connectivity index (χ3v) is 3.73. The molecule has 1 heterocycles. The van der Waals surface area contributed by atoms with Gasteiger partial charge in [0.15, 0.2) is 0 Å². The Labute approximate surface area is 99.6 Å². The number of aliphatic hydroxyl groups is 1. The van der Waals surface area contributed by atoms with Crippen LogP contribution in [0.4, 0.5) is 4.79 Å². The maximum absolute atomic E-state index is 11.8. The topological polar surface area (TPSA) is 89.9 Å². The Hall–Kier alpha value is -1.30. The molecule has 2 aliphatic rings. The molecule has 6 nitrogen and oxygen atoms in total. The van der Waals surface area contributed by atoms with E-state index in [0.717, 1.165) is 12.8 Å². The maximum atomic E-state index is 11.8. The summed E-state index contributed by atoms with van der Waals surface area (Å²) >= 11 is 0. The Kier molecular flexibility index (Phi) is 3.24. The summed E-state index contributed by atoms with van der Waals surface area (Å²) in [5, 5.41) is 20.7. The maximum Gasteiger partial charge on any atom is 0.317 e. The van der Waals surface area contributed by atoms with Crippen molar-refractivity contribution < 1.29 is 19.8 Å². The van der Waals surface area contributed by atoms with E-state index in [-0.39, 0.29) is 25.2 Å². The van der Waals surface area contributed by atoms with Crippen LogP contribution in [0.25, 0.3) is 0 Å². The van der Waals surface area contributed by atoms with Crippen LogP contribution >= 0.6 is 0 Å². The van der Waals surface area contributed by atoms with Gasteiger partial charge in [-0.25, -0.2) is 4.79 Å². The number of urea groups is 1. The van der Waals surface area contributed by atoms with Crippen LogP contribution in [-0.2, 0) is 4.79 Å². The van der Waals surface area contributed by atoms with Crippen molar-refractivity contribution >= 4 is 12.0 Å². The average Bonchev–Trinajstić information content (AvgIpc) is 2.96. The van der Waals surface area contributed by atoms with Crippen LogP contribution in [-0.4, -0.2) is 52.9 Å². The van der Waals surface area contributed by atoms with E-state index < -0.39 is 11.4 Å². The molecule has 1 unspecified atom stereocenters. The second-order valence-corrected chi connectivity index (χ2v) is 4.92. The van der Waals surface area contributed by atoms with E-state index in [9.17, 15) is 9.59 Å². The first-order valence-corrected chi connectivity index (χ1v) is 5.98. The Morgan fingerprint density at radius 1 is 1.41 bits per heavy atom. The number of carbonyl (C=O) groups excluding carboxylic acids is 1. The van der Waals surface area contributed by atoms with E-state index in [2.05, 4.69) is 5.32 Å². The van der Waals surface area contributed by atoms with Gasteiger partial charge in [0.1, 0.15) is 0 Å². The van der Waals surface area contributed by atoms with E-state index in [4.69, 9.17) is 10.2 Å². The first-order valence-electron chi connectivity index (χ1n) is 5.98. The van der Waals surface area contributed by atoms with Crippen LogP contribution in [0, 0.1) is 5.41 Å². The molecule has 96 valence electrons. The summed E-state index contributed by atoms with van der Waals surface area (Å²) in [7, 11) is 0. The molecule has 0 bridgehead atoms.